The fourth-order valence-corrected chi connectivity index (χ4v) is 4.71. The molecule has 9 nitrogen and oxygen atoms in total. The monoisotopic (exact) mass is 445 g/mol. The van der Waals surface area contributed by atoms with Gasteiger partial charge in [-0.1, -0.05) is 0 Å². The number of nitriles is 1. The van der Waals surface area contributed by atoms with Gasteiger partial charge >= 0.3 is 0 Å². The van der Waals surface area contributed by atoms with Crippen LogP contribution >= 0.6 is 0 Å². The van der Waals surface area contributed by atoms with Gasteiger partial charge < -0.3 is 20.3 Å². The van der Waals surface area contributed by atoms with Crippen molar-refractivity contribution in [3.05, 3.63) is 48.4 Å². The van der Waals surface area contributed by atoms with Crippen molar-refractivity contribution in [2.24, 2.45) is 0 Å². The SMILES string of the molecule is C[C@@H]1CN(c2ccc(C#N)c3ncccc23)C[C@H](C(=O)Nc2cnn(C3CCNCC3)c2)O1. The van der Waals surface area contributed by atoms with E-state index in [1.807, 2.05) is 36.0 Å². The number of rotatable bonds is 4. The summed E-state index contributed by atoms with van der Waals surface area (Å²) in [6, 6.07) is 10.1. The second kappa shape index (κ2) is 9.17. The molecule has 9 heteroatoms. The minimum absolute atomic E-state index is 0.130. The number of hydrogen-bond donors (Lipinski definition) is 2. The van der Waals surface area contributed by atoms with Crippen LogP contribution in [0.4, 0.5) is 11.4 Å². The summed E-state index contributed by atoms with van der Waals surface area (Å²) in [5.74, 6) is -0.188. The molecule has 170 valence electrons. The summed E-state index contributed by atoms with van der Waals surface area (Å²) in [6.45, 7) is 4.98. The predicted octanol–water partition coefficient (Wildman–Crippen LogP) is 2.46. The molecule has 1 amide bonds. The average Bonchev–Trinajstić information content (AvgIpc) is 3.32. The highest BCUT2D eigenvalue weighted by Crippen LogP contribution is 2.30. The highest BCUT2D eigenvalue weighted by molar-refractivity contribution is 5.97. The number of benzene rings is 1. The van der Waals surface area contributed by atoms with E-state index in [0.717, 1.165) is 37.0 Å². The lowest BCUT2D eigenvalue weighted by molar-refractivity contribution is -0.131. The Bertz CT molecular complexity index is 1190. The van der Waals surface area contributed by atoms with Gasteiger partial charge in [-0.15, -0.1) is 0 Å². The first-order valence-electron chi connectivity index (χ1n) is 11.4. The third-order valence-corrected chi connectivity index (χ3v) is 6.31. The van der Waals surface area contributed by atoms with Gasteiger partial charge in [0.15, 0.2) is 6.10 Å². The van der Waals surface area contributed by atoms with Crippen molar-refractivity contribution in [2.45, 2.75) is 38.0 Å². The van der Waals surface area contributed by atoms with Crippen molar-refractivity contribution >= 4 is 28.2 Å². The zero-order valence-corrected chi connectivity index (χ0v) is 18.6. The van der Waals surface area contributed by atoms with Crippen LogP contribution in [0, 0.1) is 11.3 Å². The Hall–Kier alpha value is -3.48. The Morgan fingerprint density at radius 1 is 1.27 bits per heavy atom. The highest BCUT2D eigenvalue weighted by atomic mass is 16.5. The molecule has 1 aromatic carbocycles. The van der Waals surface area contributed by atoms with Gasteiger partial charge in [0.25, 0.3) is 5.91 Å². The first kappa shape index (κ1) is 21.4. The number of nitrogens with one attached hydrogen (secondary N) is 2. The Morgan fingerprint density at radius 2 is 2.12 bits per heavy atom. The van der Waals surface area contributed by atoms with Crippen LogP contribution in [0.2, 0.25) is 0 Å². The lowest BCUT2D eigenvalue weighted by atomic mass is 10.1. The van der Waals surface area contributed by atoms with Crippen molar-refractivity contribution in [1.29, 1.82) is 5.26 Å². The number of morpholine rings is 1. The summed E-state index contributed by atoms with van der Waals surface area (Å²) in [6.07, 6.45) is 6.59. The zero-order chi connectivity index (χ0) is 22.8. The molecule has 0 saturated carbocycles. The molecule has 2 N–H and O–H groups in total. The van der Waals surface area contributed by atoms with E-state index in [0.29, 0.717) is 35.9 Å². The fraction of sp³-hybridized carbons (Fsp3) is 0.417. The molecule has 0 aliphatic carbocycles. The number of piperidine rings is 1. The van der Waals surface area contributed by atoms with Crippen LogP contribution in [0.5, 0.6) is 0 Å². The van der Waals surface area contributed by atoms with Crippen molar-refractivity contribution < 1.29 is 9.53 Å². The second-order valence-electron chi connectivity index (χ2n) is 8.66. The molecule has 2 aromatic heterocycles. The number of amides is 1. The van der Waals surface area contributed by atoms with Gasteiger partial charge in [-0.25, -0.2) is 0 Å². The molecule has 3 aromatic rings. The number of anilines is 2. The molecular formula is C24H27N7O2. The number of nitrogens with zero attached hydrogens (tertiary/aromatic N) is 5. The summed E-state index contributed by atoms with van der Waals surface area (Å²) in [5, 5.41) is 21.1. The molecular weight excluding hydrogens is 418 g/mol. The van der Waals surface area contributed by atoms with Crippen LogP contribution in [-0.4, -0.2) is 59.1 Å². The molecule has 2 aliphatic rings. The fourth-order valence-electron chi connectivity index (χ4n) is 4.71. The van der Waals surface area contributed by atoms with Gasteiger partial charge in [0, 0.05) is 30.0 Å². The largest absolute Gasteiger partial charge is 0.365 e. The first-order chi connectivity index (χ1) is 16.1. The number of aromatic nitrogens is 3. The Kier molecular flexibility index (Phi) is 5.94. The molecule has 0 spiro atoms. The average molecular weight is 446 g/mol. The van der Waals surface area contributed by atoms with Crippen molar-refractivity contribution in [3.8, 4) is 6.07 Å². The molecule has 0 unspecified atom stereocenters. The summed E-state index contributed by atoms with van der Waals surface area (Å²) in [5.41, 5.74) is 2.84. The Balaban J connectivity index is 1.32. The van der Waals surface area contributed by atoms with Crippen LogP contribution < -0.4 is 15.5 Å². The smallest absolute Gasteiger partial charge is 0.255 e. The van der Waals surface area contributed by atoms with Crippen LogP contribution in [0.1, 0.15) is 31.4 Å². The van der Waals surface area contributed by atoms with E-state index >= 15 is 0 Å². The van der Waals surface area contributed by atoms with E-state index in [-0.39, 0.29) is 12.0 Å². The number of carbonyl (C=O) groups excluding carboxylic acids is 1. The van der Waals surface area contributed by atoms with Gasteiger partial charge in [-0.3, -0.25) is 14.5 Å². The maximum atomic E-state index is 13.1. The maximum Gasteiger partial charge on any atom is 0.255 e. The third kappa shape index (κ3) is 4.40. The number of pyridine rings is 1. The number of hydrogen-bond acceptors (Lipinski definition) is 7. The summed E-state index contributed by atoms with van der Waals surface area (Å²) in [7, 11) is 0. The highest BCUT2D eigenvalue weighted by Gasteiger charge is 2.32. The third-order valence-electron chi connectivity index (χ3n) is 6.31. The minimum atomic E-state index is -0.627. The molecule has 0 bridgehead atoms. The molecule has 33 heavy (non-hydrogen) atoms. The van der Waals surface area contributed by atoms with Crippen LogP contribution in [-0.2, 0) is 9.53 Å². The Labute approximate surface area is 192 Å². The summed E-state index contributed by atoms with van der Waals surface area (Å²) in [4.78, 5) is 19.6. The normalized spacial score (nSPS) is 21.6. The van der Waals surface area contributed by atoms with E-state index in [1.165, 1.54) is 0 Å². The van der Waals surface area contributed by atoms with E-state index in [4.69, 9.17) is 4.74 Å². The summed E-state index contributed by atoms with van der Waals surface area (Å²) >= 11 is 0. The van der Waals surface area contributed by atoms with Gasteiger partial charge in [-0.2, -0.15) is 10.4 Å². The first-order valence-corrected chi connectivity index (χ1v) is 11.4. The second-order valence-corrected chi connectivity index (χ2v) is 8.66. The van der Waals surface area contributed by atoms with Crippen LogP contribution in [0.15, 0.2) is 42.9 Å². The molecule has 2 atom stereocenters. The van der Waals surface area contributed by atoms with E-state index in [1.54, 1.807) is 18.5 Å². The summed E-state index contributed by atoms with van der Waals surface area (Å²) < 4.78 is 7.94. The minimum Gasteiger partial charge on any atom is -0.365 e. The van der Waals surface area contributed by atoms with Gasteiger partial charge in [0.2, 0.25) is 0 Å². The van der Waals surface area contributed by atoms with Crippen molar-refractivity contribution in [1.82, 2.24) is 20.1 Å². The quantitative estimate of drug-likeness (QED) is 0.635. The van der Waals surface area contributed by atoms with Crippen molar-refractivity contribution in [3.63, 3.8) is 0 Å². The zero-order valence-electron chi connectivity index (χ0n) is 18.6. The Morgan fingerprint density at radius 3 is 2.94 bits per heavy atom. The van der Waals surface area contributed by atoms with Gasteiger partial charge in [0.05, 0.1) is 41.7 Å². The number of ether oxygens (including phenoxy) is 1. The standard InChI is InChI=1S/C24H27N7O2/c1-16-13-30(21-5-4-17(11-25)23-20(21)3-2-8-27-23)15-22(33-16)24(32)29-18-12-28-31(14-18)19-6-9-26-10-7-19/h2-5,8,12,14,16,19,22,26H,6-7,9-10,13,15H2,1H3,(H,29,32)/t16-,22-/m1/s1. The van der Waals surface area contributed by atoms with Crippen LogP contribution in [0.3, 0.4) is 0 Å². The van der Waals surface area contributed by atoms with Gasteiger partial charge in [0.1, 0.15) is 6.07 Å². The molecule has 4 heterocycles. The number of fused-ring (bicyclic) bond motifs is 1. The molecule has 5 rings (SSSR count). The predicted molar refractivity (Wildman–Crippen MR) is 125 cm³/mol. The van der Waals surface area contributed by atoms with Gasteiger partial charge in [-0.05, 0) is 57.1 Å². The topological polar surface area (TPSA) is 108 Å². The molecule has 2 aliphatic heterocycles. The molecule has 0 radical (unpaired) electrons. The van der Waals surface area contributed by atoms with E-state index in [2.05, 4.69) is 31.7 Å². The van der Waals surface area contributed by atoms with E-state index in [9.17, 15) is 10.1 Å². The molecule has 2 fully saturated rings. The van der Waals surface area contributed by atoms with E-state index < -0.39 is 6.10 Å². The van der Waals surface area contributed by atoms with Crippen molar-refractivity contribution in [2.75, 3.05) is 36.4 Å². The lowest BCUT2D eigenvalue weighted by Gasteiger charge is -2.38. The number of carbonyl (C=O) groups is 1. The lowest BCUT2D eigenvalue weighted by Crippen LogP contribution is -2.51. The molecule has 2 saturated heterocycles. The van der Waals surface area contributed by atoms with Crippen LogP contribution in [0.25, 0.3) is 10.9 Å². The maximum absolute atomic E-state index is 13.1.